The third-order valence-electron chi connectivity index (χ3n) is 3.67. The molecule has 23 heavy (non-hydrogen) atoms. The molecule has 0 radical (unpaired) electrons. The van der Waals surface area contributed by atoms with Crippen LogP contribution in [0.5, 0.6) is 0 Å². The molecule has 1 amide bonds. The van der Waals surface area contributed by atoms with Crippen molar-refractivity contribution in [1.29, 1.82) is 0 Å². The second-order valence-corrected chi connectivity index (χ2v) is 6.08. The van der Waals surface area contributed by atoms with Crippen molar-refractivity contribution in [3.63, 3.8) is 0 Å². The first-order valence-corrected chi connectivity index (χ1v) is 7.68. The van der Waals surface area contributed by atoms with Gasteiger partial charge in [0.2, 0.25) is 0 Å². The van der Waals surface area contributed by atoms with Crippen LogP contribution in [0.1, 0.15) is 18.0 Å². The lowest BCUT2D eigenvalue weighted by Crippen LogP contribution is -2.22. The normalized spacial score (nSPS) is 17.2. The molecule has 4 N–H and O–H groups in total. The molecular formula is C16H14Cl2N4O. The summed E-state index contributed by atoms with van der Waals surface area (Å²) >= 11 is 12.2. The number of hydrazone groups is 1. The number of hydrogen-bond acceptors (Lipinski definition) is 4. The van der Waals surface area contributed by atoms with Gasteiger partial charge in [0.05, 0.1) is 16.8 Å². The van der Waals surface area contributed by atoms with Gasteiger partial charge in [-0.3, -0.25) is 9.80 Å². The van der Waals surface area contributed by atoms with Gasteiger partial charge in [-0.1, -0.05) is 35.3 Å². The highest BCUT2D eigenvalue weighted by molar-refractivity contribution is 6.39. The van der Waals surface area contributed by atoms with E-state index in [0.29, 0.717) is 33.6 Å². The minimum atomic E-state index is -0.543. The highest BCUT2D eigenvalue weighted by atomic mass is 35.5. The zero-order valence-corrected chi connectivity index (χ0v) is 13.6. The molecule has 0 spiro atoms. The summed E-state index contributed by atoms with van der Waals surface area (Å²) in [5, 5.41) is 7.02. The van der Waals surface area contributed by atoms with Crippen LogP contribution < -0.4 is 16.5 Å². The monoisotopic (exact) mass is 348 g/mol. The van der Waals surface area contributed by atoms with Gasteiger partial charge in [0.25, 0.3) is 5.91 Å². The number of amides is 1. The van der Waals surface area contributed by atoms with E-state index in [4.69, 9.17) is 34.7 Å². The number of rotatable bonds is 3. The van der Waals surface area contributed by atoms with Crippen molar-refractivity contribution in [3.8, 4) is 0 Å². The van der Waals surface area contributed by atoms with E-state index >= 15 is 0 Å². The van der Waals surface area contributed by atoms with E-state index < -0.39 is 5.91 Å². The molecule has 0 aromatic heterocycles. The van der Waals surface area contributed by atoms with Gasteiger partial charge in [0.1, 0.15) is 5.71 Å². The van der Waals surface area contributed by atoms with Crippen LogP contribution in [-0.4, -0.2) is 11.6 Å². The Hall–Kier alpha value is -2.24. The number of nitrogens with zero attached hydrogens (tertiary/aromatic N) is 2. The Balaban J connectivity index is 2.04. The predicted molar refractivity (Wildman–Crippen MR) is 93.8 cm³/mol. The summed E-state index contributed by atoms with van der Waals surface area (Å²) in [5.74, 6) is -0.543. The molecule has 118 valence electrons. The molecule has 0 saturated heterocycles. The van der Waals surface area contributed by atoms with Gasteiger partial charge >= 0.3 is 0 Å². The highest BCUT2D eigenvalue weighted by Gasteiger charge is 2.32. The first-order valence-electron chi connectivity index (χ1n) is 6.92. The van der Waals surface area contributed by atoms with Gasteiger partial charge < -0.3 is 11.5 Å². The summed E-state index contributed by atoms with van der Waals surface area (Å²) < 4.78 is 0. The fourth-order valence-electron chi connectivity index (χ4n) is 2.53. The van der Waals surface area contributed by atoms with Crippen LogP contribution in [0.4, 0.5) is 11.4 Å². The van der Waals surface area contributed by atoms with Crippen LogP contribution in [0.3, 0.4) is 0 Å². The Morgan fingerprint density at radius 2 is 1.87 bits per heavy atom. The Kier molecular flexibility index (Phi) is 4.15. The number of nitrogens with two attached hydrogens (primary N) is 2. The second kappa shape index (κ2) is 6.10. The van der Waals surface area contributed by atoms with Gasteiger partial charge in [0, 0.05) is 17.1 Å². The molecule has 0 saturated carbocycles. The number of benzene rings is 2. The zero-order chi connectivity index (χ0) is 16.6. The average molecular weight is 349 g/mol. The predicted octanol–water partition coefficient (Wildman–Crippen LogP) is 3.37. The molecule has 0 bridgehead atoms. The molecule has 1 aliphatic heterocycles. The van der Waals surface area contributed by atoms with Gasteiger partial charge in [-0.2, -0.15) is 5.10 Å². The second-order valence-electron chi connectivity index (χ2n) is 5.24. The summed E-state index contributed by atoms with van der Waals surface area (Å²) in [7, 11) is 0. The van der Waals surface area contributed by atoms with Crippen molar-refractivity contribution in [2.45, 2.75) is 12.5 Å². The van der Waals surface area contributed by atoms with Crippen molar-refractivity contribution in [2.75, 3.05) is 10.7 Å². The van der Waals surface area contributed by atoms with Crippen molar-refractivity contribution < 1.29 is 4.79 Å². The summed E-state index contributed by atoms with van der Waals surface area (Å²) in [4.78, 5) is 11.5. The number of carbonyl (C=O) groups is 1. The number of carbonyl (C=O) groups excluding carboxylic acids is 1. The van der Waals surface area contributed by atoms with Crippen LogP contribution in [0.25, 0.3) is 0 Å². The molecule has 1 heterocycles. The average Bonchev–Trinajstić information content (AvgIpc) is 2.93. The van der Waals surface area contributed by atoms with Crippen LogP contribution in [0, 0.1) is 0 Å². The third-order valence-corrected chi connectivity index (χ3v) is 4.21. The van der Waals surface area contributed by atoms with Gasteiger partial charge in [-0.25, -0.2) is 0 Å². The highest BCUT2D eigenvalue weighted by Crippen LogP contribution is 2.39. The zero-order valence-electron chi connectivity index (χ0n) is 12.0. The number of halogens is 2. The third kappa shape index (κ3) is 3.11. The standard InChI is InChI=1S/C16H14Cl2N4O/c17-10-3-6-14(12(18)7-10)22-15(8-13(21-22)16(20)23)9-1-4-11(19)5-2-9/h1-7,15H,8,19H2,(H2,20,23). The lowest BCUT2D eigenvalue weighted by molar-refractivity contribution is -0.112. The molecule has 3 rings (SSSR count). The molecule has 5 nitrogen and oxygen atoms in total. The lowest BCUT2D eigenvalue weighted by atomic mass is 10.0. The summed E-state index contributed by atoms with van der Waals surface area (Å²) in [6.07, 6.45) is 0.401. The maximum Gasteiger partial charge on any atom is 0.265 e. The summed E-state index contributed by atoms with van der Waals surface area (Å²) in [5.41, 5.74) is 13.7. The maximum atomic E-state index is 11.5. The van der Waals surface area contributed by atoms with Crippen molar-refractivity contribution in [3.05, 3.63) is 58.1 Å². The van der Waals surface area contributed by atoms with E-state index in [1.807, 2.05) is 12.1 Å². The minimum Gasteiger partial charge on any atom is -0.399 e. The molecule has 0 aliphatic carbocycles. The van der Waals surface area contributed by atoms with E-state index in [2.05, 4.69) is 5.10 Å². The molecule has 7 heteroatoms. The van der Waals surface area contributed by atoms with E-state index in [9.17, 15) is 4.79 Å². The molecular weight excluding hydrogens is 335 g/mol. The fraction of sp³-hybridized carbons (Fsp3) is 0.125. The fourth-order valence-corrected chi connectivity index (χ4v) is 3.02. The van der Waals surface area contributed by atoms with Crippen LogP contribution in [0.15, 0.2) is 47.6 Å². The van der Waals surface area contributed by atoms with Gasteiger partial charge in [0.15, 0.2) is 0 Å². The number of primary amides is 1. The van der Waals surface area contributed by atoms with Gasteiger partial charge in [-0.15, -0.1) is 0 Å². The van der Waals surface area contributed by atoms with Crippen molar-refractivity contribution in [1.82, 2.24) is 0 Å². The quantitative estimate of drug-likeness (QED) is 0.833. The number of anilines is 2. The van der Waals surface area contributed by atoms with Crippen LogP contribution in [0.2, 0.25) is 10.0 Å². The Bertz CT molecular complexity index is 789. The molecule has 1 atom stereocenters. The topological polar surface area (TPSA) is 84.7 Å². The molecule has 0 fully saturated rings. The minimum absolute atomic E-state index is 0.184. The Labute approximate surface area is 143 Å². The maximum absolute atomic E-state index is 11.5. The molecule has 2 aromatic rings. The molecule has 2 aromatic carbocycles. The van der Waals surface area contributed by atoms with Crippen molar-refractivity contribution >= 4 is 46.2 Å². The molecule has 1 aliphatic rings. The van der Waals surface area contributed by atoms with E-state index in [-0.39, 0.29) is 6.04 Å². The first kappa shape index (κ1) is 15.6. The number of nitrogen functional groups attached to an aromatic ring is 1. The summed E-state index contributed by atoms with van der Waals surface area (Å²) in [6.45, 7) is 0. The van der Waals surface area contributed by atoms with Gasteiger partial charge in [-0.05, 0) is 35.9 Å². The Morgan fingerprint density at radius 1 is 1.17 bits per heavy atom. The number of hydrogen-bond donors (Lipinski definition) is 2. The van der Waals surface area contributed by atoms with Crippen LogP contribution >= 0.6 is 23.2 Å². The summed E-state index contributed by atoms with van der Waals surface area (Å²) in [6, 6.07) is 12.3. The van der Waals surface area contributed by atoms with Crippen molar-refractivity contribution in [2.24, 2.45) is 10.8 Å². The lowest BCUT2D eigenvalue weighted by Gasteiger charge is -2.25. The van der Waals surface area contributed by atoms with E-state index in [1.54, 1.807) is 35.3 Å². The first-order chi connectivity index (χ1) is 11.0. The molecule has 1 unspecified atom stereocenters. The van der Waals surface area contributed by atoms with E-state index in [1.165, 1.54) is 0 Å². The smallest absolute Gasteiger partial charge is 0.265 e. The Morgan fingerprint density at radius 3 is 2.48 bits per heavy atom. The largest absolute Gasteiger partial charge is 0.399 e. The van der Waals surface area contributed by atoms with Crippen LogP contribution in [-0.2, 0) is 4.79 Å². The van der Waals surface area contributed by atoms with E-state index in [0.717, 1.165) is 5.56 Å². The SMILES string of the molecule is NC(=O)C1=NN(c2ccc(Cl)cc2Cl)C(c2ccc(N)cc2)C1.